The number of rotatable bonds is 12. The fourth-order valence-electron chi connectivity index (χ4n) is 7.41. The van der Waals surface area contributed by atoms with E-state index in [9.17, 15) is 9.90 Å². The Labute approximate surface area is 293 Å². The van der Waals surface area contributed by atoms with Crippen LogP contribution in [0.3, 0.4) is 0 Å². The van der Waals surface area contributed by atoms with Crippen molar-refractivity contribution in [3.8, 4) is 22.9 Å². The van der Waals surface area contributed by atoms with E-state index in [1.54, 1.807) is 12.1 Å². The van der Waals surface area contributed by atoms with Gasteiger partial charge < -0.3 is 24.6 Å². The third kappa shape index (κ3) is 8.32. The molecule has 1 aromatic heterocycles. The molecule has 1 saturated heterocycles. The van der Waals surface area contributed by atoms with Gasteiger partial charge in [0.2, 0.25) is 11.8 Å². The van der Waals surface area contributed by atoms with Crippen LogP contribution in [0, 0.1) is 5.82 Å². The van der Waals surface area contributed by atoms with Crippen molar-refractivity contribution in [1.82, 2.24) is 10.3 Å². The first kappa shape index (κ1) is 35.1. The zero-order valence-corrected chi connectivity index (χ0v) is 28.9. The summed E-state index contributed by atoms with van der Waals surface area (Å²) < 4.78 is 34.4. The molecule has 1 aliphatic carbocycles. The van der Waals surface area contributed by atoms with Crippen molar-refractivity contribution < 1.29 is 28.5 Å². The second kappa shape index (κ2) is 15.0. The number of hydrogen-bond acceptors (Lipinski definition) is 7. The highest BCUT2D eigenvalue weighted by Crippen LogP contribution is 2.45. The van der Waals surface area contributed by atoms with Crippen molar-refractivity contribution in [3.05, 3.63) is 138 Å². The predicted molar refractivity (Wildman–Crippen MR) is 192 cm³/mol. The van der Waals surface area contributed by atoms with Crippen molar-refractivity contribution in [3.63, 3.8) is 0 Å². The summed E-state index contributed by atoms with van der Waals surface area (Å²) in [6, 6.07) is 28.3. The summed E-state index contributed by atoms with van der Waals surface area (Å²) in [6.07, 6.45) is 9.69. The van der Waals surface area contributed by atoms with Gasteiger partial charge in [0.25, 0.3) is 0 Å². The molecule has 0 amide bonds. The maximum Gasteiger partial charge on any atom is 0.303 e. The molecule has 2 aliphatic rings. The third-order valence-electron chi connectivity index (χ3n) is 9.52. The normalized spacial score (nSPS) is 21.8. The number of nitrogens with one attached hydrogen (secondary N) is 1. The number of aliphatic hydroxyl groups is 1. The largest absolute Gasteiger partial charge is 0.473 e. The fourth-order valence-corrected chi connectivity index (χ4v) is 7.41. The van der Waals surface area contributed by atoms with Gasteiger partial charge in [-0.25, -0.2) is 4.39 Å². The van der Waals surface area contributed by atoms with Crippen molar-refractivity contribution in [1.29, 1.82) is 0 Å². The molecule has 3 unspecified atom stereocenters. The van der Waals surface area contributed by atoms with E-state index in [1.807, 2.05) is 117 Å². The first-order valence-corrected chi connectivity index (χ1v) is 17.2. The molecular formula is C42H45FN2O5. The van der Waals surface area contributed by atoms with Crippen molar-refractivity contribution in [2.24, 2.45) is 0 Å². The van der Waals surface area contributed by atoms with E-state index in [2.05, 4.69) is 5.32 Å². The number of pyridine rings is 1. The maximum atomic E-state index is 16.6. The van der Waals surface area contributed by atoms with Gasteiger partial charge in [0.1, 0.15) is 24.6 Å². The summed E-state index contributed by atoms with van der Waals surface area (Å²) in [6.45, 7) is 6.19. The highest BCUT2D eigenvalue weighted by atomic mass is 19.1. The molecule has 4 aromatic rings. The van der Waals surface area contributed by atoms with Gasteiger partial charge in [0, 0.05) is 36.4 Å². The Bertz CT molecular complexity index is 1840. The highest BCUT2D eigenvalue weighted by Gasteiger charge is 2.48. The molecule has 50 heavy (non-hydrogen) atoms. The Morgan fingerprint density at radius 2 is 1.66 bits per heavy atom. The average molecular weight is 677 g/mol. The first-order chi connectivity index (χ1) is 24.0. The van der Waals surface area contributed by atoms with E-state index >= 15 is 4.39 Å². The van der Waals surface area contributed by atoms with Gasteiger partial charge in [0.15, 0.2) is 0 Å². The van der Waals surface area contributed by atoms with E-state index < -0.39 is 16.6 Å². The van der Waals surface area contributed by atoms with Crippen LogP contribution in [0.15, 0.2) is 115 Å². The minimum Gasteiger partial charge on any atom is -0.473 e. The van der Waals surface area contributed by atoms with Crippen LogP contribution in [0.1, 0.15) is 63.1 Å². The summed E-state index contributed by atoms with van der Waals surface area (Å²) in [5.74, 6) is -0.00183. The zero-order chi connectivity index (χ0) is 35.2. The number of hydrogen-bond donors (Lipinski definition) is 2. The second-order valence-electron chi connectivity index (χ2n) is 14.0. The molecule has 260 valence electrons. The molecule has 3 aromatic carbocycles. The number of benzene rings is 3. The van der Waals surface area contributed by atoms with Crippen LogP contribution in [0.5, 0.6) is 11.8 Å². The molecule has 0 saturated carbocycles. The number of piperidine rings is 1. The van der Waals surface area contributed by atoms with Crippen LogP contribution < -0.4 is 14.8 Å². The Morgan fingerprint density at radius 3 is 2.30 bits per heavy atom. The lowest BCUT2D eigenvalue weighted by molar-refractivity contribution is -0.161. The van der Waals surface area contributed by atoms with Crippen molar-refractivity contribution in [2.45, 2.75) is 82.3 Å². The van der Waals surface area contributed by atoms with E-state index in [0.29, 0.717) is 60.9 Å². The summed E-state index contributed by atoms with van der Waals surface area (Å²) in [7, 11) is 0. The molecule has 1 aliphatic heterocycles. The monoisotopic (exact) mass is 676 g/mol. The van der Waals surface area contributed by atoms with Gasteiger partial charge in [-0.3, -0.25) is 4.79 Å². The fraction of sp³-hybridized carbons (Fsp3) is 0.333. The summed E-state index contributed by atoms with van der Waals surface area (Å²) >= 11 is 0. The number of ether oxygens (including phenoxy) is 3. The van der Waals surface area contributed by atoms with Gasteiger partial charge in [-0.05, 0) is 74.0 Å². The maximum absolute atomic E-state index is 16.6. The number of aromatic nitrogens is 1. The van der Waals surface area contributed by atoms with Crippen LogP contribution in [-0.2, 0) is 28.2 Å². The Kier molecular flexibility index (Phi) is 10.5. The molecule has 2 N–H and O–H groups in total. The molecular weight excluding hydrogens is 631 g/mol. The van der Waals surface area contributed by atoms with E-state index in [4.69, 9.17) is 19.2 Å². The first-order valence-electron chi connectivity index (χ1n) is 17.2. The summed E-state index contributed by atoms with van der Waals surface area (Å²) in [5, 5.41) is 15.4. The van der Waals surface area contributed by atoms with Crippen molar-refractivity contribution in [2.75, 3.05) is 6.54 Å². The lowest BCUT2D eigenvalue weighted by Gasteiger charge is -2.48. The number of carbonyl (C=O) groups excluding carboxylic acids is 1. The van der Waals surface area contributed by atoms with E-state index in [0.717, 1.165) is 11.1 Å². The third-order valence-corrected chi connectivity index (χ3v) is 9.52. The molecule has 0 spiro atoms. The minimum atomic E-state index is -1.10. The topological polar surface area (TPSA) is 89.9 Å². The lowest BCUT2D eigenvalue weighted by Crippen LogP contribution is -2.58. The predicted octanol–water partition coefficient (Wildman–Crippen LogP) is 8.01. The number of halogens is 1. The number of esters is 1. The van der Waals surface area contributed by atoms with E-state index in [-0.39, 0.29) is 30.9 Å². The summed E-state index contributed by atoms with van der Waals surface area (Å²) in [5.41, 5.74) is 1.09. The zero-order valence-electron chi connectivity index (χ0n) is 28.9. The molecule has 0 radical (unpaired) electrons. The van der Waals surface area contributed by atoms with Crippen LogP contribution in [0.4, 0.5) is 4.39 Å². The van der Waals surface area contributed by atoms with Gasteiger partial charge in [-0.1, -0.05) is 97.1 Å². The number of nitrogens with zero attached hydrogens (tertiary/aromatic N) is 1. The molecule has 8 heteroatoms. The highest BCUT2D eigenvalue weighted by molar-refractivity contribution is 5.70. The molecule has 3 atom stereocenters. The molecule has 2 heterocycles. The van der Waals surface area contributed by atoms with Crippen LogP contribution in [0.25, 0.3) is 11.1 Å². The molecule has 1 fully saturated rings. The summed E-state index contributed by atoms with van der Waals surface area (Å²) in [4.78, 5) is 16.5. The SMILES string of the molecule is CC(=O)OC(C)(C)CC1(O)CCNC(C2(c3ccc(-c4ccc(OCc5ccccc5)nc4OCc4ccccc4)cc3F)C=CC=CC2)C1. The van der Waals surface area contributed by atoms with Crippen molar-refractivity contribution >= 4 is 5.97 Å². The quantitative estimate of drug-likeness (QED) is 0.147. The standard InChI is InChI=1S/C42H45FN2O5/c1-30(46)50-40(2,3)29-41(47)23-24-44-37(26-41)42(21-11-6-12-22-42)35-19-17-33(25-36(35)43)34-18-20-38(48-27-31-13-7-4-8-14-31)45-39(34)49-28-32-15-9-5-10-16-32/h4-21,25,37,44,47H,22-24,26-29H2,1-3H3. The Hall–Kier alpha value is -4.79. The minimum absolute atomic E-state index is 0.275. The van der Waals surface area contributed by atoms with Gasteiger partial charge in [0.05, 0.1) is 5.60 Å². The van der Waals surface area contributed by atoms with Gasteiger partial charge in [-0.2, -0.15) is 4.98 Å². The van der Waals surface area contributed by atoms with Gasteiger partial charge in [-0.15, -0.1) is 0 Å². The van der Waals surface area contributed by atoms with Crippen LogP contribution in [0.2, 0.25) is 0 Å². The second-order valence-corrected chi connectivity index (χ2v) is 14.0. The lowest BCUT2D eigenvalue weighted by atomic mass is 9.64. The number of carbonyl (C=O) groups is 1. The smallest absolute Gasteiger partial charge is 0.303 e. The Morgan fingerprint density at radius 1 is 0.960 bits per heavy atom. The molecule has 6 rings (SSSR count). The van der Waals surface area contributed by atoms with Gasteiger partial charge >= 0.3 is 5.97 Å². The molecule has 7 nitrogen and oxygen atoms in total. The average Bonchev–Trinajstić information content (AvgIpc) is 3.10. The van der Waals surface area contributed by atoms with Crippen LogP contribution in [-0.4, -0.2) is 39.8 Å². The Balaban J connectivity index is 1.30. The van der Waals surface area contributed by atoms with Crippen LogP contribution >= 0.6 is 0 Å². The van der Waals surface area contributed by atoms with E-state index in [1.165, 1.54) is 6.92 Å². The molecule has 0 bridgehead atoms. The number of allylic oxidation sites excluding steroid dienone is 3.